The summed E-state index contributed by atoms with van der Waals surface area (Å²) in [5, 5.41) is 0.733. The SMILES string of the molecule is FC(F)(F)CCC(Br)c1ccc(Cl)c(Cl)c1. The van der Waals surface area contributed by atoms with Gasteiger partial charge in [-0.15, -0.1) is 0 Å². The summed E-state index contributed by atoms with van der Waals surface area (Å²) in [5.41, 5.74) is 0.693. The van der Waals surface area contributed by atoms with Crippen molar-refractivity contribution in [1.29, 1.82) is 0 Å². The highest BCUT2D eigenvalue weighted by Gasteiger charge is 2.28. The number of halogens is 6. The van der Waals surface area contributed by atoms with Gasteiger partial charge in [0.25, 0.3) is 0 Å². The van der Waals surface area contributed by atoms with Crippen LogP contribution >= 0.6 is 39.1 Å². The number of rotatable bonds is 3. The van der Waals surface area contributed by atoms with Gasteiger partial charge in [0.15, 0.2) is 0 Å². The van der Waals surface area contributed by atoms with Crippen molar-refractivity contribution in [2.45, 2.75) is 23.8 Å². The van der Waals surface area contributed by atoms with Gasteiger partial charge >= 0.3 is 6.18 Å². The van der Waals surface area contributed by atoms with Crippen molar-refractivity contribution >= 4 is 39.1 Å². The van der Waals surface area contributed by atoms with E-state index in [4.69, 9.17) is 23.2 Å². The Balaban J connectivity index is 2.66. The van der Waals surface area contributed by atoms with Gasteiger partial charge in [0.1, 0.15) is 0 Å². The lowest BCUT2D eigenvalue weighted by Crippen LogP contribution is -2.08. The first-order chi connectivity index (χ1) is 7.29. The summed E-state index contributed by atoms with van der Waals surface area (Å²) >= 11 is 14.7. The second-order valence-corrected chi connectivity index (χ2v) is 5.21. The lowest BCUT2D eigenvalue weighted by molar-refractivity contribution is -0.135. The average molecular weight is 336 g/mol. The van der Waals surface area contributed by atoms with Crippen LogP contribution in [-0.4, -0.2) is 6.18 Å². The van der Waals surface area contributed by atoms with Crippen molar-refractivity contribution in [3.05, 3.63) is 33.8 Å². The molecule has 0 N–H and O–H groups in total. The van der Waals surface area contributed by atoms with E-state index in [-0.39, 0.29) is 11.2 Å². The monoisotopic (exact) mass is 334 g/mol. The molecule has 0 fully saturated rings. The van der Waals surface area contributed by atoms with Crippen molar-refractivity contribution in [2.75, 3.05) is 0 Å². The summed E-state index contributed by atoms with van der Waals surface area (Å²) in [4.78, 5) is -0.371. The summed E-state index contributed by atoms with van der Waals surface area (Å²) in [6, 6.07) is 4.80. The summed E-state index contributed by atoms with van der Waals surface area (Å²) in [5.74, 6) is 0. The molecule has 0 bridgehead atoms. The van der Waals surface area contributed by atoms with Crippen LogP contribution in [0, 0.1) is 0 Å². The van der Waals surface area contributed by atoms with Gasteiger partial charge in [0.2, 0.25) is 0 Å². The number of hydrogen-bond donors (Lipinski definition) is 0. The maximum atomic E-state index is 12.0. The van der Waals surface area contributed by atoms with Crippen molar-refractivity contribution in [3.8, 4) is 0 Å². The number of hydrogen-bond acceptors (Lipinski definition) is 0. The summed E-state index contributed by atoms with van der Waals surface area (Å²) in [7, 11) is 0. The fourth-order valence-corrected chi connectivity index (χ4v) is 1.98. The fraction of sp³-hybridized carbons (Fsp3) is 0.400. The largest absolute Gasteiger partial charge is 0.389 e. The minimum atomic E-state index is -4.14. The van der Waals surface area contributed by atoms with E-state index in [2.05, 4.69) is 15.9 Å². The maximum Gasteiger partial charge on any atom is 0.389 e. The zero-order chi connectivity index (χ0) is 12.3. The third-order valence-electron chi connectivity index (χ3n) is 1.99. The van der Waals surface area contributed by atoms with Gasteiger partial charge in [-0.1, -0.05) is 45.2 Å². The summed E-state index contributed by atoms with van der Waals surface area (Å²) in [6.07, 6.45) is -4.99. The molecule has 0 nitrogen and oxygen atoms in total. The molecule has 0 heterocycles. The molecule has 1 atom stereocenters. The van der Waals surface area contributed by atoms with Gasteiger partial charge in [-0.05, 0) is 24.1 Å². The zero-order valence-electron chi connectivity index (χ0n) is 7.99. The Kier molecular flexibility index (Phi) is 4.95. The molecule has 1 rings (SSSR count). The normalized spacial score (nSPS) is 13.9. The standard InChI is InChI=1S/C10H8BrCl2F3/c11-7(3-4-10(14,15)16)6-1-2-8(12)9(13)5-6/h1-2,5,7H,3-4H2. The molecule has 0 radical (unpaired) electrons. The van der Waals surface area contributed by atoms with Crippen LogP contribution in [0.15, 0.2) is 18.2 Å². The highest BCUT2D eigenvalue weighted by molar-refractivity contribution is 9.09. The molecule has 1 aromatic rings. The van der Waals surface area contributed by atoms with Gasteiger partial charge in [0, 0.05) is 11.2 Å². The first kappa shape index (κ1) is 14.1. The quantitative estimate of drug-likeness (QED) is 0.615. The Hall–Kier alpha value is 0.0700. The van der Waals surface area contributed by atoms with E-state index in [0.717, 1.165) is 0 Å². The minimum absolute atomic E-state index is 0.0263. The van der Waals surface area contributed by atoms with Gasteiger partial charge in [-0.25, -0.2) is 0 Å². The Morgan fingerprint density at radius 2 is 1.81 bits per heavy atom. The van der Waals surface area contributed by atoms with E-state index < -0.39 is 12.6 Å². The second-order valence-electron chi connectivity index (χ2n) is 3.29. The molecule has 0 spiro atoms. The van der Waals surface area contributed by atoms with Crippen LogP contribution in [0.4, 0.5) is 13.2 Å². The van der Waals surface area contributed by atoms with Crippen LogP contribution in [0.2, 0.25) is 10.0 Å². The van der Waals surface area contributed by atoms with Crippen LogP contribution in [0.1, 0.15) is 23.2 Å². The lowest BCUT2D eigenvalue weighted by Gasteiger charge is -2.12. The van der Waals surface area contributed by atoms with E-state index in [1.54, 1.807) is 18.2 Å². The van der Waals surface area contributed by atoms with Crippen molar-refractivity contribution in [3.63, 3.8) is 0 Å². The first-order valence-electron chi connectivity index (χ1n) is 4.45. The number of alkyl halides is 4. The second kappa shape index (κ2) is 5.61. The molecule has 0 aliphatic heterocycles. The van der Waals surface area contributed by atoms with Crippen LogP contribution in [0.25, 0.3) is 0 Å². The van der Waals surface area contributed by atoms with Crippen molar-refractivity contribution in [2.24, 2.45) is 0 Å². The predicted octanol–water partition coefficient (Wildman–Crippen LogP) is 5.77. The Morgan fingerprint density at radius 1 is 1.19 bits per heavy atom. The summed E-state index contributed by atoms with van der Waals surface area (Å²) < 4.78 is 36.0. The fourth-order valence-electron chi connectivity index (χ4n) is 1.16. The van der Waals surface area contributed by atoms with E-state index in [1.165, 1.54) is 0 Å². The first-order valence-corrected chi connectivity index (χ1v) is 6.12. The van der Waals surface area contributed by atoms with E-state index >= 15 is 0 Å². The third-order valence-corrected chi connectivity index (χ3v) is 3.71. The van der Waals surface area contributed by atoms with Crippen LogP contribution in [0.5, 0.6) is 0 Å². The molecule has 0 saturated heterocycles. The van der Waals surface area contributed by atoms with Crippen molar-refractivity contribution in [1.82, 2.24) is 0 Å². The van der Waals surface area contributed by atoms with Gasteiger partial charge in [0.05, 0.1) is 10.0 Å². The molecule has 0 aliphatic rings. The van der Waals surface area contributed by atoms with Crippen molar-refractivity contribution < 1.29 is 13.2 Å². The Morgan fingerprint density at radius 3 is 2.31 bits per heavy atom. The molecule has 0 aromatic heterocycles. The molecule has 90 valence electrons. The average Bonchev–Trinajstić information content (AvgIpc) is 2.17. The van der Waals surface area contributed by atoms with Crippen LogP contribution in [-0.2, 0) is 0 Å². The van der Waals surface area contributed by atoms with E-state index in [9.17, 15) is 13.2 Å². The lowest BCUT2D eigenvalue weighted by atomic mass is 10.1. The highest BCUT2D eigenvalue weighted by atomic mass is 79.9. The molecule has 1 aromatic carbocycles. The summed E-state index contributed by atoms with van der Waals surface area (Å²) in [6.45, 7) is 0. The molecular formula is C10H8BrCl2F3. The predicted molar refractivity (Wildman–Crippen MR) is 63.4 cm³/mol. The van der Waals surface area contributed by atoms with E-state index in [1.807, 2.05) is 0 Å². The van der Waals surface area contributed by atoms with Gasteiger partial charge < -0.3 is 0 Å². The van der Waals surface area contributed by atoms with Gasteiger partial charge in [-0.3, -0.25) is 0 Å². The molecule has 16 heavy (non-hydrogen) atoms. The van der Waals surface area contributed by atoms with Crippen LogP contribution in [0.3, 0.4) is 0 Å². The molecule has 0 amide bonds. The Bertz CT molecular complexity index is 366. The molecule has 0 aliphatic carbocycles. The van der Waals surface area contributed by atoms with E-state index in [0.29, 0.717) is 15.6 Å². The zero-order valence-corrected chi connectivity index (χ0v) is 11.1. The number of benzene rings is 1. The minimum Gasteiger partial charge on any atom is -0.171 e. The highest BCUT2D eigenvalue weighted by Crippen LogP contribution is 2.35. The van der Waals surface area contributed by atoms with Crippen LogP contribution < -0.4 is 0 Å². The smallest absolute Gasteiger partial charge is 0.171 e. The third kappa shape index (κ3) is 4.52. The topological polar surface area (TPSA) is 0 Å². The molecule has 1 unspecified atom stereocenters. The molecule has 6 heteroatoms. The maximum absolute atomic E-state index is 12.0. The molecular weight excluding hydrogens is 328 g/mol. The molecule has 0 saturated carbocycles. The van der Waals surface area contributed by atoms with Gasteiger partial charge in [-0.2, -0.15) is 13.2 Å². The Labute approximate surface area is 110 Å².